The molecule has 15 heteroatoms. The van der Waals surface area contributed by atoms with E-state index in [1.807, 2.05) is 66.2 Å². The Balaban J connectivity index is 0.000000220. The van der Waals surface area contributed by atoms with E-state index in [1.165, 1.54) is 87.4 Å². The van der Waals surface area contributed by atoms with Crippen LogP contribution >= 0.6 is 22.7 Å². The number of nitrogens with zero attached hydrogens (tertiary/aromatic N) is 2. The van der Waals surface area contributed by atoms with Crippen LogP contribution in [0.25, 0.3) is 0 Å². The van der Waals surface area contributed by atoms with Gasteiger partial charge in [-0.2, -0.15) is 0 Å². The molecule has 2 aromatic carbocycles. The summed E-state index contributed by atoms with van der Waals surface area (Å²) in [6, 6.07) is 14.9. The number of benzene rings is 2. The van der Waals surface area contributed by atoms with Crippen LogP contribution in [0.3, 0.4) is 0 Å². The molecule has 4 aromatic rings. The van der Waals surface area contributed by atoms with E-state index in [4.69, 9.17) is 26.0 Å². The molecule has 2 aliphatic heterocycles. The van der Waals surface area contributed by atoms with Crippen molar-refractivity contribution in [3.8, 4) is 11.5 Å². The highest BCUT2D eigenvalue weighted by Crippen LogP contribution is 2.29. The maximum atomic E-state index is 12.3. The van der Waals surface area contributed by atoms with Crippen LogP contribution in [0.4, 0.5) is 15.7 Å². The lowest BCUT2D eigenvalue weighted by Crippen LogP contribution is -2.31. The summed E-state index contributed by atoms with van der Waals surface area (Å²) in [5.74, 6) is 0.126. The van der Waals surface area contributed by atoms with Crippen molar-refractivity contribution in [2.24, 2.45) is 5.73 Å². The van der Waals surface area contributed by atoms with Gasteiger partial charge in [0.2, 0.25) is 12.3 Å². The minimum atomic E-state index is -0.805. The first-order chi connectivity index (χ1) is 28.5. The molecule has 3 amide bonds. The third-order valence-corrected chi connectivity index (χ3v) is 11.9. The number of hydrogen-bond donors (Lipinski definition) is 5. The fourth-order valence-corrected chi connectivity index (χ4v) is 8.53. The largest absolute Gasteiger partial charge is 0.494 e. The van der Waals surface area contributed by atoms with Crippen molar-refractivity contribution in [2.75, 3.05) is 68.8 Å². The van der Waals surface area contributed by atoms with Crippen molar-refractivity contribution >= 4 is 62.6 Å². The van der Waals surface area contributed by atoms with Gasteiger partial charge in [0.25, 0.3) is 5.91 Å². The molecule has 4 heterocycles. The quantitative estimate of drug-likeness (QED) is 0.0500. The normalized spacial score (nSPS) is 14.1. The number of carbonyl (C=O) groups excluding carboxylic acids is 3. The Morgan fingerprint density at radius 3 is 1.68 bits per heavy atom. The summed E-state index contributed by atoms with van der Waals surface area (Å²) in [5, 5.41) is 18.9. The number of carbonyl (C=O) groups is 4. The second-order valence-electron chi connectivity index (χ2n) is 14.7. The first kappa shape index (κ1) is 46.7. The Kier molecular flexibility index (Phi) is 20.2. The number of hydrogen-bond acceptors (Lipinski definition) is 11. The van der Waals surface area contributed by atoms with Gasteiger partial charge in [-0.1, -0.05) is 37.1 Å². The predicted molar refractivity (Wildman–Crippen MR) is 238 cm³/mol. The van der Waals surface area contributed by atoms with Crippen LogP contribution in [0.15, 0.2) is 59.3 Å². The number of carboxylic acids is 1. The van der Waals surface area contributed by atoms with Gasteiger partial charge in [-0.05, 0) is 136 Å². The van der Waals surface area contributed by atoms with E-state index in [-0.39, 0.29) is 18.7 Å². The molecular weight excluding hydrogens is 789 g/mol. The Labute approximate surface area is 356 Å². The SMILES string of the molecule is Cc1csc(N)c1NC=O.Cc1csc(NC(=O)Cc2ccc(OCCCN3CCCCC3)cc2)c1C(N)=O.O=C(O)Cc1ccc(OCCCN2CCCCC2)cc1. The van der Waals surface area contributed by atoms with E-state index in [2.05, 4.69) is 20.4 Å². The van der Waals surface area contributed by atoms with Crippen molar-refractivity contribution in [3.63, 3.8) is 0 Å². The molecule has 13 nitrogen and oxygen atoms in total. The highest BCUT2D eigenvalue weighted by atomic mass is 32.1. The third-order valence-electron chi connectivity index (χ3n) is 9.92. The van der Waals surface area contributed by atoms with E-state index < -0.39 is 11.9 Å². The number of carboxylic acid groups (broad SMARTS) is 1. The molecule has 0 saturated carbocycles. The smallest absolute Gasteiger partial charge is 0.307 e. The number of thiophene rings is 2. The molecule has 0 unspecified atom stereocenters. The molecule has 0 atom stereocenters. The van der Waals surface area contributed by atoms with Crippen LogP contribution < -0.4 is 31.6 Å². The van der Waals surface area contributed by atoms with Gasteiger partial charge in [-0.15, -0.1) is 22.7 Å². The Morgan fingerprint density at radius 1 is 0.746 bits per heavy atom. The predicted octanol–water partition coefficient (Wildman–Crippen LogP) is 7.37. The van der Waals surface area contributed by atoms with Crippen molar-refractivity contribution in [1.82, 2.24) is 9.80 Å². The number of nitrogen functional groups attached to an aromatic ring is 1. The van der Waals surface area contributed by atoms with Crippen LogP contribution in [-0.4, -0.2) is 91.6 Å². The van der Waals surface area contributed by atoms with Gasteiger partial charge in [0, 0.05) is 13.1 Å². The minimum Gasteiger partial charge on any atom is -0.494 e. The molecule has 59 heavy (non-hydrogen) atoms. The number of nitrogens with one attached hydrogen (secondary N) is 2. The molecule has 0 aliphatic carbocycles. The molecule has 2 aromatic heterocycles. The molecule has 2 fully saturated rings. The monoisotopic (exact) mass is 848 g/mol. The zero-order valence-electron chi connectivity index (χ0n) is 34.3. The summed E-state index contributed by atoms with van der Waals surface area (Å²) < 4.78 is 11.5. The van der Waals surface area contributed by atoms with E-state index in [1.54, 1.807) is 6.92 Å². The Morgan fingerprint density at radius 2 is 1.24 bits per heavy atom. The van der Waals surface area contributed by atoms with Gasteiger partial charge in [-0.3, -0.25) is 19.2 Å². The average Bonchev–Trinajstić information content (AvgIpc) is 3.76. The third kappa shape index (κ3) is 17.0. The minimum absolute atomic E-state index is 0.0647. The first-order valence-electron chi connectivity index (χ1n) is 20.3. The standard InChI is InChI=1S/C22H29N3O3S.C16H23NO3.C6H8N2OS/c1-16-15-29-22(20(16)21(23)27)24-19(26)14-17-6-8-18(9-7-17)28-13-5-12-25-10-3-2-4-11-25;18-16(19)13-14-5-7-15(8-6-14)20-12-4-11-17-9-2-1-3-10-17;1-4-2-10-6(7)5(4)8-3-9/h6-9,15H,2-5,10-14H2,1H3,(H2,23,27)(H,24,26);5-8H,1-4,9-13H2,(H,18,19);2-3H,7H2,1H3,(H,8,9). The molecule has 2 aliphatic rings. The van der Waals surface area contributed by atoms with Gasteiger partial charge < -0.3 is 46.5 Å². The summed E-state index contributed by atoms with van der Waals surface area (Å²) in [5.41, 5.74) is 15.5. The number of primary amides is 1. The van der Waals surface area contributed by atoms with Crippen LogP contribution in [0.1, 0.15) is 84.0 Å². The van der Waals surface area contributed by atoms with E-state index in [9.17, 15) is 19.2 Å². The van der Waals surface area contributed by atoms with Crippen molar-refractivity contribution in [3.05, 3.63) is 87.1 Å². The number of rotatable bonds is 18. The maximum absolute atomic E-state index is 12.3. The maximum Gasteiger partial charge on any atom is 0.307 e. The van der Waals surface area contributed by atoms with Gasteiger partial charge >= 0.3 is 5.97 Å². The molecule has 320 valence electrons. The number of nitrogens with two attached hydrogens (primary N) is 2. The number of piperidine rings is 2. The zero-order valence-corrected chi connectivity index (χ0v) is 36.0. The molecule has 2 saturated heterocycles. The van der Waals surface area contributed by atoms with Gasteiger partial charge in [0.1, 0.15) is 21.5 Å². The number of anilines is 3. The zero-order chi connectivity index (χ0) is 42.4. The molecular formula is C44H60N6O7S2. The molecule has 0 radical (unpaired) electrons. The van der Waals surface area contributed by atoms with Gasteiger partial charge in [0.05, 0.1) is 37.3 Å². The van der Waals surface area contributed by atoms with Crippen molar-refractivity contribution in [1.29, 1.82) is 0 Å². The lowest BCUT2D eigenvalue weighted by molar-refractivity contribution is -0.136. The van der Waals surface area contributed by atoms with Gasteiger partial charge in [0.15, 0.2) is 0 Å². The first-order valence-corrected chi connectivity index (χ1v) is 22.1. The molecule has 0 spiro atoms. The van der Waals surface area contributed by atoms with Crippen molar-refractivity contribution < 1.29 is 33.8 Å². The van der Waals surface area contributed by atoms with E-state index in [0.29, 0.717) is 28.6 Å². The lowest BCUT2D eigenvalue weighted by atomic mass is 10.1. The molecule has 7 N–H and O–H groups in total. The summed E-state index contributed by atoms with van der Waals surface area (Å²) in [6.45, 7) is 12.2. The number of ether oxygens (including phenoxy) is 2. The topological polar surface area (TPSA) is 190 Å². The Hall–Kier alpha value is -4.96. The number of amides is 3. The van der Waals surface area contributed by atoms with E-state index in [0.717, 1.165) is 72.0 Å². The fraction of sp³-hybridized carbons (Fsp3) is 0.455. The van der Waals surface area contributed by atoms with Crippen LogP contribution in [0.2, 0.25) is 0 Å². The molecule has 0 bridgehead atoms. The lowest BCUT2D eigenvalue weighted by Gasteiger charge is -2.26. The number of likely N-dealkylation sites (tertiary alicyclic amines) is 2. The fourth-order valence-electron chi connectivity index (χ4n) is 6.81. The highest BCUT2D eigenvalue weighted by Gasteiger charge is 2.17. The average molecular weight is 849 g/mol. The summed E-state index contributed by atoms with van der Waals surface area (Å²) >= 11 is 2.74. The highest BCUT2D eigenvalue weighted by molar-refractivity contribution is 7.15. The summed E-state index contributed by atoms with van der Waals surface area (Å²) in [6.07, 6.45) is 11.0. The summed E-state index contributed by atoms with van der Waals surface area (Å²) in [4.78, 5) is 49.5. The summed E-state index contributed by atoms with van der Waals surface area (Å²) in [7, 11) is 0. The molecule has 6 rings (SSSR count). The second kappa shape index (κ2) is 25.5. The van der Waals surface area contributed by atoms with Crippen molar-refractivity contribution in [2.45, 2.75) is 78.1 Å². The van der Waals surface area contributed by atoms with Crippen LogP contribution in [0, 0.1) is 13.8 Å². The number of aryl methyl sites for hydroxylation is 2. The Bertz CT molecular complexity index is 1870. The second-order valence-corrected chi connectivity index (χ2v) is 16.5. The van der Waals surface area contributed by atoms with E-state index >= 15 is 0 Å². The van der Waals surface area contributed by atoms with Gasteiger partial charge in [-0.25, -0.2) is 0 Å². The van der Waals surface area contributed by atoms with Crippen LogP contribution in [-0.2, 0) is 27.2 Å². The number of aliphatic carboxylic acids is 1. The van der Waals surface area contributed by atoms with Crippen LogP contribution in [0.5, 0.6) is 11.5 Å².